The number of hydrogen-bond acceptors (Lipinski definition) is 2. The van der Waals surface area contributed by atoms with Crippen molar-refractivity contribution in [1.82, 2.24) is 0 Å². The Morgan fingerprint density at radius 1 is 1.50 bits per heavy atom. The van der Waals surface area contributed by atoms with Gasteiger partial charge in [-0.05, 0) is 72.7 Å². The first kappa shape index (κ1) is 14.3. The molecule has 1 aromatic carbocycles. The second-order valence-electron chi connectivity index (χ2n) is 5.06. The molecule has 2 atom stereocenters. The Labute approximate surface area is 123 Å². The van der Waals surface area contributed by atoms with Gasteiger partial charge in [0.2, 0.25) is 0 Å². The minimum absolute atomic E-state index is 0.335. The predicted octanol–water partition coefficient (Wildman–Crippen LogP) is 3.98. The number of benzene rings is 1. The molecule has 2 nitrogen and oxygen atoms in total. The zero-order chi connectivity index (χ0) is 13.0. The summed E-state index contributed by atoms with van der Waals surface area (Å²) in [7, 11) is 0. The lowest BCUT2D eigenvalue weighted by molar-refractivity contribution is 0.0944. The highest BCUT2D eigenvalue weighted by atomic mass is 127. The number of aliphatic hydroxyl groups excluding tert-OH is 1. The zero-order valence-corrected chi connectivity index (χ0v) is 13.0. The third-order valence-corrected chi connectivity index (χ3v) is 5.08. The second-order valence-corrected chi connectivity index (χ2v) is 6.14. The summed E-state index contributed by atoms with van der Waals surface area (Å²) in [6, 6.07) is 6.14. The zero-order valence-electron chi connectivity index (χ0n) is 10.9. The van der Waals surface area contributed by atoms with E-state index in [4.69, 9.17) is 4.74 Å². The van der Waals surface area contributed by atoms with Crippen molar-refractivity contribution >= 4 is 22.6 Å². The van der Waals surface area contributed by atoms with Crippen LogP contribution in [0.5, 0.6) is 0 Å². The fraction of sp³-hybridized carbons (Fsp3) is 0.600. The molecule has 18 heavy (non-hydrogen) atoms. The summed E-state index contributed by atoms with van der Waals surface area (Å²) in [6.45, 7) is 3.01. The van der Waals surface area contributed by atoms with Crippen molar-refractivity contribution in [1.29, 1.82) is 0 Å². The molecule has 1 aliphatic heterocycles. The van der Waals surface area contributed by atoms with Gasteiger partial charge >= 0.3 is 0 Å². The van der Waals surface area contributed by atoms with Crippen LogP contribution in [0.2, 0.25) is 0 Å². The molecule has 100 valence electrons. The van der Waals surface area contributed by atoms with Crippen molar-refractivity contribution in [3.63, 3.8) is 0 Å². The Balaban J connectivity index is 1.83. The van der Waals surface area contributed by atoms with Crippen molar-refractivity contribution in [3.8, 4) is 0 Å². The van der Waals surface area contributed by atoms with Crippen LogP contribution in [0.15, 0.2) is 18.2 Å². The quantitative estimate of drug-likeness (QED) is 0.805. The lowest BCUT2D eigenvalue weighted by Crippen LogP contribution is -2.07. The Hall–Kier alpha value is -0.130. The third-order valence-electron chi connectivity index (χ3n) is 3.61. The molecule has 1 saturated heterocycles. The van der Waals surface area contributed by atoms with Gasteiger partial charge in [0.05, 0.1) is 12.2 Å². The normalized spacial score (nSPS) is 21.2. The summed E-state index contributed by atoms with van der Waals surface area (Å²) in [4.78, 5) is 0. The van der Waals surface area contributed by atoms with Crippen LogP contribution in [0.4, 0.5) is 0 Å². The van der Waals surface area contributed by atoms with E-state index in [1.807, 2.05) is 12.1 Å². The van der Waals surface area contributed by atoms with Gasteiger partial charge in [0.25, 0.3) is 0 Å². The lowest BCUT2D eigenvalue weighted by atomic mass is 10.0. The smallest absolute Gasteiger partial charge is 0.0800 e. The third kappa shape index (κ3) is 3.68. The second kappa shape index (κ2) is 6.87. The largest absolute Gasteiger partial charge is 0.388 e. The Morgan fingerprint density at radius 2 is 2.33 bits per heavy atom. The number of rotatable bonds is 5. The van der Waals surface area contributed by atoms with E-state index in [0.717, 1.165) is 31.4 Å². The minimum Gasteiger partial charge on any atom is -0.388 e. The number of halogens is 1. The van der Waals surface area contributed by atoms with E-state index < -0.39 is 0 Å². The van der Waals surface area contributed by atoms with Crippen molar-refractivity contribution in [2.75, 3.05) is 6.61 Å². The number of ether oxygens (including phenoxy) is 1. The van der Waals surface area contributed by atoms with E-state index in [9.17, 15) is 5.11 Å². The van der Waals surface area contributed by atoms with Crippen molar-refractivity contribution in [2.45, 2.75) is 51.2 Å². The molecular formula is C15H21IO2. The molecule has 2 rings (SSSR count). The van der Waals surface area contributed by atoms with Gasteiger partial charge in [-0.3, -0.25) is 0 Å². The number of aryl methyl sites for hydroxylation is 1. The lowest BCUT2D eigenvalue weighted by Gasteiger charge is -2.15. The highest BCUT2D eigenvalue weighted by molar-refractivity contribution is 14.1. The maximum Gasteiger partial charge on any atom is 0.0800 e. The first-order valence-electron chi connectivity index (χ1n) is 6.73. The molecule has 0 aliphatic carbocycles. The summed E-state index contributed by atoms with van der Waals surface area (Å²) in [6.07, 6.45) is 5.45. The molecule has 1 aromatic rings. The summed E-state index contributed by atoms with van der Waals surface area (Å²) < 4.78 is 6.79. The molecular weight excluding hydrogens is 339 g/mol. The Morgan fingerprint density at radius 3 is 3.06 bits per heavy atom. The van der Waals surface area contributed by atoms with Crippen LogP contribution in [-0.4, -0.2) is 17.8 Å². The van der Waals surface area contributed by atoms with E-state index >= 15 is 0 Å². The first-order valence-corrected chi connectivity index (χ1v) is 7.81. The first-order chi connectivity index (χ1) is 8.68. The molecule has 0 saturated carbocycles. The molecule has 1 fully saturated rings. The van der Waals surface area contributed by atoms with Gasteiger partial charge in [-0.1, -0.05) is 18.2 Å². The molecule has 3 heteroatoms. The average molecular weight is 360 g/mol. The Bertz CT molecular complexity index is 386. The van der Waals surface area contributed by atoms with Crippen molar-refractivity contribution in [3.05, 3.63) is 32.9 Å². The van der Waals surface area contributed by atoms with E-state index in [1.165, 1.54) is 22.0 Å². The van der Waals surface area contributed by atoms with E-state index in [2.05, 4.69) is 35.6 Å². The summed E-state index contributed by atoms with van der Waals surface area (Å²) >= 11 is 2.33. The van der Waals surface area contributed by atoms with E-state index in [-0.39, 0.29) is 6.10 Å². The van der Waals surface area contributed by atoms with Gasteiger partial charge in [-0.2, -0.15) is 0 Å². The molecule has 0 amide bonds. The van der Waals surface area contributed by atoms with Crippen molar-refractivity contribution < 1.29 is 9.84 Å². The minimum atomic E-state index is -0.335. The number of aliphatic hydroxyl groups is 1. The van der Waals surface area contributed by atoms with Gasteiger partial charge in [0, 0.05) is 10.2 Å². The van der Waals surface area contributed by atoms with Crippen LogP contribution in [0, 0.1) is 10.5 Å². The molecule has 0 bridgehead atoms. The molecule has 1 aliphatic rings. The van der Waals surface area contributed by atoms with Crippen LogP contribution in [0.1, 0.15) is 49.3 Å². The highest BCUT2D eigenvalue weighted by Crippen LogP contribution is 2.27. The van der Waals surface area contributed by atoms with Gasteiger partial charge in [-0.15, -0.1) is 0 Å². The maximum atomic E-state index is 10.3. The molecule has 0 spiro atoms. The summed E-state index contributed by atoms with van der Waals surface area (Å²) in [5.41, 5.74) is 2.31. The van der Waals surface area contributed by atoms with Crippen LogP contribution >= 0.6 is 22.6 Å². The monoisotopic (exact) mass is 360 g/mol. The molecule has 1 N–H and O–H groups in total. The van der Waals surface area contributed by atoms with Crippen LogP contribution in [0.3, 0.4) is 0 Å². The predicted molar refractivity (Wildman–Crippen MR) is 81.7 cm³/mol. The van der Waals surface area contributed by atoms with Gasteiger partial charge in [0.1, 0.15) is 0 Å². The van der Waals surface area contributed by atoms with Gasteiger partial charge < -0.3 is 9.84 Å². The standard InChI is InChI=1S/C15H21IO2/c1-11-5-2-8-13(15(11)16)14(17)9-3-6-12-7-4-10-18-12/h2,5,8,12,14,17H,3-4,6-7,9-10H2,1H3. The van der Waals surface area contributed by atoms with Crippen molar-refractivity contribution in [2.24, 2.45) is 0 Å². The van der Waals surface area contributed by atoms with Crippen LogP contribution < -0.4 is 0 Å². The van der Waals surface area contributed by atoms with E-state index in [1.54, 1.807) is 0 Å². The number of hydrogen-bond donors (Lipinski definition) is 1. The average Bonchev–Trinajstić information content (AvgIpc) is 2.85. The van der Waals surface area contributed by atoms with Gasteiger partial charge in [0.15, 0.2) is 0 Å². The van der Waals surface area contributed by atoms with Gasteiger partial charge in [-0.25, -0.2) is 0 Å². The highest BCUT2D eigenvalue weighted by Gasteiger charge is 2.17. The van der Waals surface area contributed by atoms with Crippen LogP contribution in [0.25, 0.3) is 0 Å². The molecule has 0 aromatic heterocycles. The SMILES string of the molecule is Cc1cccc(C(O)CCCC2CCCO2)c1I. The van der Waals surface area contributed by atoms with E-state index in [0.29, 0.717) is 6.10 Å². The topological polar surface area (TPSA) is 29.5 Å². The summed E-state index contributed by atoms with van der Waals surface area (Å²) in [5, 5.41) is 10.3. The molecule has 2 unspecified atom stereocenters. The fourth-order valence-electron chi connectivity index (χ4n) is 2.49. The fourth-order valence-corrected chi connectivity index (χ4v) is 3.21. The Kier molecular flexibility index (Phi) is 5.45. The molecule has 0 radical (unpaired) electrons. The maximum absolute atomic E-state index is 10.3. The summed E-state index contributed by atoms with van der Waals surface area (Å²) in [5.74, 6) is 0. The molecule has 1 heterocycles. The van der Waals surface area contributed by atoms with Crippen LogP contribution in [-0.2, 0) is 4.74 Å².